The summed E-state index contributed by atoms with van der Waals surface area (Å²) < 4.78 is 20.1. The molecule has 132 valence electrons. The highest BCUT2D eigenvalue weighted by Gasteiger charge is 2.34. The van der Waals surface area contributed by atoms with Gasteiger partial charge in [0.05, 0.1) is 17.6 Å². The van der Waals surface area contributed by atoms with Crippen LogP contribution >= 0.6 is 11.3 Å². The monoisotopic (exact) mass is 360 g/mol. The summed E-state index contributed by atoms with van der Waals surface area (Å²) in [6, 6.07) is 4.15. The Balaban J connectivity index is 1.38. The summed E-state index contributed by atoms with van der Waals surface area (Å²) in [6.07, 6.45) is 0.382. The van der Waals surface area contributed by atoms with E-state index in [9.17, 15) is 4.39 Å². The molecule has 4 rings (SSSR count). The number of rotatable bonds is 5. The molecule has 1 aliphatic heterocycles. The molecule has 5 nitrogen and oxygen atoms in total. The van der Waals surface area contributed by atoms with Gasteiger partial charge in [0, 0.05) is 24.7 Å². The van der Waals surface area contributed by atoms with Crippen LogP contribution in [0.2, 0.25) is 0 Å². The summed E-state index contributed by atoms with van der Waals surface area (Å²) in [4.78, 5) is 14.1. The van der Waals surface area contributed by atoms with Crippen LogP contribution in [0, 0.1) is 13.8 Å². The van der Waals surface area contributed by atoms with E-state index in [1.54, 1.807) is 17.5 Å². The van der Waals surface area contributed by atoms with Crippen molar-refractivity contribution in [1.82, 2.24) is 19.9 Å². The molecule has 1 N–H and O–H groups in total. The summed E-state index contributed by atoms with van der Waals surface area (Å²) in [6.45, 7) is 6.10. The van der Waals surface area contributed by atoms with Gasteiger partial charge >= 0.3 is 0 Å². The van der Waals surface area contributed by atoms with Crippen molar-refractivity contribution in [3.8, 4) is 0 Å². The van der Waals surface area contributed by atoms with Crippen molar-refractivity contribution in [3.05, 3.63) is 45.7 Å². The molecule has 0 saturated carbocycles. The SMILES string of the molecule is Cc1cc2nc(CO[C@H]3CN(Cc4nccs4)C[C@H]3F)[nH]c2cc1C. The van der Waals surface area contributed by atoms with Crippen LogP contribution in [0.3, 0.4) is 0 Å². The number of aromatic amines is 1. The lowest BCUT2D eigenvalue weighted by atomic mass is 10.1. The van der Waals surface area contributed by atoms with Crippen LogP contribution in [0.5, 0.6) is 0 Å². The summed E-state index contributed by atoms with van der Waals surface area (Å²) in [7, 11) is 0. The van der Waals surface area contributed by atoms with Gasteiger partial charge in [-0.2, -0.15) is 0 Å². The smallest absolute Gasteiger partial charge is 0.140 e. The van der Waals surface area contributed by atoms with Crippen LogP contribution < -0.4 is 0 Å². The zero-order chi connectivity index (χ0) is 17.4. The normalized spacial score (nSPS) is 21.4. The molecule has 0 unspecified atom stereocenters. The first-order valence-electron chi connectivity index (χ1n) is 8.41. The first-order chi connectivity index (χ1) is 12.1. The molecule has 1 saturated heterocycles. The second-order valence-electron chi connectivity index (χ2n) is 6.62. The molecule has 2 atom stereocenters. The molecular formula is C18H21FN4OS. The van der Waals surface area contributed by atoms with Crippen molar-refractivity contribution < 1.29 is 9.13 Å². The third-order valence-corrected chi connectivity index (χ3v) is 5.46. The van der Waals surface area contributed by atoms with E-state index < -0.39 is 12.3 Å². The van der Waals surface area contributed by atoms with Crippen molar-refractivity contribution in [3.63, 3.8) is 0 Å². The zero-order valence-corrected chi connectivity index (χ0v) is 15.1. The van der Waals surface area contributed by atoms with Crippen LogP contribution in [0.1, 0.15) is 22.0 Å². The number of halogens is 1. The lowest BCUT2D eigenvalue weighted by Gasteiger charge is -2.14. The molecular weight excluding hydrogens is 339 g/mol. The maximum Gasteiger partial charge on any atom is 0.140 e. The van der Waals surface area contributed by atoms with Gasteiger partial charge in [0.25, 0.3) is 0 Å². The summed E-state index contributed by atoms with van der Waals surface area (Å²) in [5.41, 5.74) is 4.36. The molecule has 0 radical (unpaired) electrons. The second-order valence-corrected chi connectivity index (χ2v) is 7.60. The molecule has 2 aromatic heterocycles. The minimum atomic E-state index is -0.978. The lowest BCUT2D eigenvalue weighted by molar-refractivity contribution is 0.00863. The Morgan fingerprint density at radius 2 is 2.16 bits per heavy atom. The van der Waals surface area contributed by atoms with Gasteiger partial charge in [-0.25, -0.2) is 14.4 Å². The summed E-state index contributed by atoms with van der Waals surface area (Å²) in [5, 5.41) is 2.95. The predicted octanol–water partition coefficient (Wildman–Crippen LogP) is 3.38. The number of ether oxygens (including phenoxy) is 1. The van der Waals surface area contributed by atoms with E-state index >= 15 is 0 Å². The minimum absolute atomic E-state index is 0.295. The van der Waals surface area contributed by atoms with Gasteiger partial charge in [0.1, 0.15) is 29.7 Å². The van der Waals surface area contributed by atoms with Gasteiger partial charge in [-0.3, -0.25) is 4.90 Å². The Morgan fingerprint density at radius 3 is 2.96 bits per heavy atom. The molecule has 0 aliphatic carbocycles. The summed E-state index contributed by atoms with van der Waals surface area (Å²) in [5.74, 6) is 0.741. The predicted molar refractivity (Wildman–Crippen MR) is 96.4 cm³/mol. The number of benzene rings is 1. The number of nitrogens with one attached hydrogen (secondary N) is 1. The Labute approximate surface area is 149 Å². The van der Waals surface area contributed by atoms with Crippen LogP contribution in [-0.4, -0.2) is 45.2 Å². The Hall–Kier alpha value is -1.83. The van der Waals surface area contributed by atoms with Crippen LogP contribution in [0.15, 0.2) is 23.7 Å². The van der Waals surface area contributed by atoms with E-state index in [4.69, 9.17) is 4.74 Å². The maximum absolute atomic E-state index is 14.3. The molecule has 1 fully saturated rings. The van der Waals surface area contributed by atoms with E-state index in [1.165, 1.54) is 11.1 Å². The number of H-pyrrole nitrogens is 1. The van der Waals surface area contributed by atoms with E-state index in [2.05, 4.69) is 45.8 Å². The van der Waals surface area contributed by atoms with E-state index in [1.807, 2.05) is 5.38 Å². The van der Waals surface area contributed by atoms with Gasteiger partial charge in [0.15, 0.2) is 0 Å². The fourth-order valence-corrected chi connectivity index (χ4v) is 3.85. The molecule has 1 aliphatic rings. The highest BCUT2D eigenvalue weighted by Crippen LogP contribution is 2.22. The average molecular weight is 360 g/mol. The molecule has 7 heteroatoms. The van der Waals surface area contributed by atoms with Gasteiger partial charge in [-0.05, 0) is 37.1 Å². The second kappa shape index (κ2) is 6.82. The number of alkyl halides is 1. The van der Waals surface area contributed by atoms with Gasteiger partial charge < -0.3 is 9.72 Å². The zero-order valence-electron chi connectivity index (χ0n) is 14.3. The van der Waals surface area contributed by atoms with E-state index in [0.717, 1.165) is 21.9 Å². The number of fused-ring (bicyclic) bond motifs is 1. The number of hydrogen-bond acceptors (Lipinski definition) is 5. The molecule has 3 heterocycles. The van der Waals surface area contributed by atoms with Crippen LogP contribution in [0.4, 0.5) is 4.39 Å². The van der Waals surface area contributed by atoms with Crippen molar-refractivity contribution >= 4 is 22.4 Å². The van der Waals surface area contributed by atoms with Crippen molar-refractivity contribution in [2.45, 2.75) is 39.3 Å². The highest BCUT2D eigenvalue weighted by atomic mass is 32.1. The molecule has 0 spiro atoms. The number of aryl methyl sites for hydroxylation is 2. The van der Waals surface area contributed by atoms with E-state index in [-0.39, 0.29) is 0 Å². The Bertz CT molecular complexity index is 824. The van der Waals surface area contributed by atoms with E-state index in [0.29, 0.717) is 26.2 Å². The molecule has 1 aromatic carbocycles. The number of aromatic nitrogens is 3. The number of nitrogens with zero attached hydrogens (tertiary/aromatic N) is 3. The van der Waals surface area contributed by atoms with Gasteiger partial charge in [-0.1, -0.05) is 0 Å². The van der Waals surface area contributed by atoms with Crippen LogP contribution in [-0.2, 0) is 17.9 Å². The van der Waals surface area contributed by atoms with Crippen molar-refractivity contribution in [2.75, 3.05) is 13.1 Å². The number of hydrogen-bond donors (Lipinski definition) is 1. The molecule has 0 amide bonds. The van der Waals surface area contributed by atoms with Gasteiger partial charge in [0.2, 0.25) is 0 Å². The van der Waals surface area contributed by atoms with Gasteiger partial charge in [-0.15, -0.1) is 11.3 Å². The maximum atomic E-state index is 14.3. The fourth-order valence-electron chi connectivity index (χ4n) is 3.19. The van der Waals surface area contributed by atoms with Crippen LogP contribution in [0.25, 0.3) is 11.0 Å². The number of thiazole rings is 1. The first kappa shape index (κ1) is 16.6. The number of likely N-dealkylation sites (tertiary alicyclic amines) is 1. The average Bonchev–Trinajstić information content (AvgIpc) is 3.27. The highest BCUT2D eigenvalue weighted by molar-refractivity contribution is 7.09. The third-order valence-electron chi connectivity index (χ3n) is 4.70. The Kier molecular flexibility index (Phi) is 4.54. The van der Waals surface area contributed by atoms with Crippen molar-refractivity contribution in [2.24, 2.45) is 0 Å². The fraction of sp³-hybridized carbons (Fsp3) is 0.444. The lowest BCUT2D eigenvalue weighted by Crippen LogP contribution is -2.24. The standard InChI is InChI=1S/C18H21FN4OS/c1-11-5-14-15(6-12(11)2)22-17(21-14)10-24-16-8-23(7-13(16)19)9-18-20-3-4-25-18/h3-6,13,16H,7-10H2,1-2H3,(H,21,22)/t13-,16+/m1/s1. The first-order valence-corrected chi connectivity index (χ1v) is 9.28. The molecule has 0 bridgehead atoms. The largest absolute Gasteiger partial charge is 0.366 e. The quantitative estimate of drug-likeness (QED) is 0.758. The minimum Gasteiger partial charge on any atom is -0.366 e. The Morgan fingerprint density at radius 1 is 1.32 bits per heavy atom. The topological polar surface area (TPSA) is 54.0 Å². The summed E-state index contributed by atoms with van der Waals surface area (Å²) >= 11 is 1.60. The third kappa shape index (κ3) is 3.58. The number of imidazole rings is 1. The molecule has 3 aromatic rings. The molecule has 25 heavy (non-hydrogen) atoms. The van der Waals surface area contributed by atoms with Crippen molar-refractivity contribution in [1.29, 1.82) is 0 Å².